The first-order chi connectivity index (χ1) is 11.8. The minimum atomic E-state index is -2.11. The monoisotopic (exact) mass is 292 g/mol. The highest BCUT2D eigenvalue weighted by molar-refractivity contribution is 6.05. The third-order valence-electron chi connectivity index (χ3n) is 4.00. The van der Waals surface area contributed by atoms with Gasteiger partial charge in [-0.15, -0.1) is 0 Å². The highest BCUT2D eigenvalue weighted by Crippen LogP contribution is 2.32. The number of rotatable bonds is 1. The lowest BCUT2D eigenvalue weighted by molar-refractivity contribution is -0.660. The largest absolute Gasteiger partial charge is 0.438 e. The number of hydrogen-bond acceptors (Lipinski definition) is 2. The van der Waals surface area contributed by atoms with Gasteiger partial charge in [0, 0.05) is 38.3 Å². The predicted molar refractivity (Wildman–Crippen MR) is 87.6 cm³/mol. The average molecular weight is 292 g/mol. The number of furan rings is 1. The van der Waals surface area contributed by atoms with Gasteiger partial charge in [0.1, 0.15) is 12.6 Å². The van der Waals surface area contributed by atoms with E-state index in [1.165, 1.54) is 0 Å². The molecule has 0 aliphatic carbocycles. The smallest absolute Gasteiger partial charge is 0.227 e. The molecule has 3 heterocycles. The first-order valence-electron chi connectivity index (χ1n) is 8.63. The van der Waals surface area contributed by atoms with E-state index in [1.807, 2.05) is 42.8 Å². The van der Waals surface area contributed by atoms with Crippen LogP contribution >= 0.6 is 0 Å². The van der Waals surface area contributed by atoms with E-state index in [0.717, 1.165) is 33.2 Å². The Hall–Kier alpha value is -2.68. The van der Waals surface area contributed by atoms with Crippen LogP contribution in [-0.4, -0.2) is 4.98 Å². The Bertz CT molecular complexity index is 1110. The molecule has 0 bridgehead atoms. The molecule has 0 aliphatic heterocycles. The lowest BCUT2D eigenvalue weighted by Crippen LogP contribution is -2.31. The molecule has 0 spiro atoms. The second kappa shape index (κ2) is 4.67. The van der Waals surface area contributed by atoms with Crippen LogP contribution in [0.1, 0.15) is 15.2 Å². The lowest BCUT2D eigenvalue weighted by Gasteiger charge is -2.05. The quantitative estimate of drug-likeness (QED) is 0.495. The lowest BCUT2D eigenvalue weighted by atomic mass is 10.0. The number of fused-ring (bicyclic) bond motifs is 3. The molecular weight excluding hydrogens is 272 g/mol. The minimum Gasteiger partial charge on any atom is -0.438 e. The molecule has 3 heteroatoms. The zero-order valence-electron chi connectivity index (χ0n) is 15.4. The van der Waals surface area contributed by atoms with Crippen molar-refractivity contribution in [1.82, 2.24) is 4.98 Å². The average Bonchev–Trinajstić information content (AvgIpc) is 2.90. The van der Waals surface area contributed by atoms with Crippen LogP contribution in [-0.2, 0) is 7.05 Å². The van der Waals surface area contributed by atoms with Crippen molar-refractivity contribution in [3.8, 4) is 11.3 Å². The Morgan fingerprint density at radius 2 is 2.09 bits per heavy atom. The summed E-state index contributed by atoms with van der Waals surface area (Å²) >= 11 is 0. The summed E-state index contributed by atoms with van der Waals surface area (Å²) in [5.74, 6) is 0. The highest BCUT2D eigenvalue weighted by atomic mass is 16.3. The van der Waals surface area contributed by atoms with Crippen LogP contribution in [0.5, 0.6) is 0 Å². The molecule has 0 saturated heterocycles. The molecule has 0 amide bonds. The number of benzene rings is 1. The number of aromatic nitrogens is 2. The third-order valence-corrected chi connectivity index (χ3v) is 4.00. The summed E-state index contributed by atoms with van der Waals surface area (Å²) in [5.41, 5.74) is 4.80. The van der Waals surface area contributed by atoms with Gasteiger partial charge < -0.3 is 4.42 Å². The first-order valence-corrected chi connectivity index (χ1v) is 7.13. The van der Waals surface area contributed by atoms with Gasteiger partial charge in [-0.3, -0.25) is 0 Å². The SMILES string of the molecule is [2H]C([2H])([2H])c1ccc(-c2cc3c(cc2C)oc2ncccc23)[n+](C)c1. The maximum Gasteiger partial charge on any atom is 0.227 e. The van der Waals surface area contributed by atoms with Crippen molar-refractivity contribution in [2.45, 2.75) is 13.8 Å². The summed E-state index contributed by atoms with van der Waals surface area (Å²) in [6.07, 6.45) is 3.38. The van der Waals surface area contributed by atoms with Crippen LogP contribution in [0.15, 0.2) is 53.2 Å². The molecule has 0 unspecified atom stereocenters. The maximum absolute atomic E-state index is 7.56. The van der Waals surface area contributed by atoms with E-state index in [0.29, 0.717) is 11.3 Å². The first kappa shape index (κ1) is 10.1. The fraction of sp³-hybridized carbons (Fsp3) is 0.158. The minimum absolute atomic E-state index is 0.329. The molecule has 0 N–H and O–H groups in total. The molecule has 0 radical (unpaired) electrons. The van der Waals surface area contributed by atoms with Crippen LogP contribution in [0.2, 0.25) is 0 Å². The van der Waals surface area contributed by atoms with Crippen LogP contribution in [0, 0.1) is 13.8 Å². The Morgan fingerprint density at radius 3 is 2.91 bits per heavy atom. The van der Waals surface area contributed by atoms with Gasteiger partial charge in [0.2, 0.25) is 11.4 Å². The van der Waals surface area contributed by atoms with Crippen LogP contribution in [0.25, 0.3) is 33.3 Å². The molecule has 0 aliphatic rings. The van der Waals surface area contributed by atoms with E-state index in [1.54, 1.807) is 18.5 Å². The maximum atomic E-state index is 7.56. The van der Waals surface area contributed by atoms with Crippen LogP contribution < -0.4 is 4.57 Å². The van der Waals surface area contributed by atoms with Crippen LogP contribution in [0.4, 0.5) is 0 Å². The zero-order valence-corrected chi connectivity index (χ0v) is 12.4. The molecule has 22 heavy (non-hydrogen) atoms. The van der Waals surface area contributed by atoms with Gasteiger partial charge >= 0.3 is 0 Å². The standard InChI is InChI=1S/C19H17N2O/c1-12-6-7-17(21(3)11-12)15-10-16-14-5-4-8-20-19(14)22-18(16)9-13(15)2/h4-11H,1-3H3/q+1/i1D3. The van der Waals surface area contributed by atoms with E-state index >= 15 is 0 Å². The normalized spacial score (nSPS) is 14.0. The molecule has 0 fully saturated rings. The summed E-state index contributed by atoms with van der Waals surface area (Å²) in [4.78, 5) is 4.27. The Balaban J connectivity index is 1.94. The summed E-state index contributed by atoms with van der Waals surface area (Å²) in [6, 6.07) is 11.5. The van der Waals surface area contributed by atoms with Crippen molar-refractivity contribution < 1.29 is 13.1 Å². The van der Waals surface area contributed by atoms with E-state index in [2.05, 4.69) is 11.1 Å². The van der Waals surface area contributed by atoms with Gasteiger partial charge in [-0.2, -0.15) is 0 Å². The molecule has 0 atom stereocenters. The number of aryl methyl sites for hydroxylation is 3. The van der Waals surface area contributed by atoms with Crippen molar-refractivity contribution in [3.05, 3.63) is 59.9 Å². The van der Waals surface area contributed by atoms with Gasteiger partial charge in [-0.05, 0) is 49.7 Å². The van der Waals surface area contributed by atoms with Gasteiger partial charge in [-0.25, -0.2) is 9.55 Å². The fourth-order valence-corrected chi connectivity index (χ4v) is 2.92. The third kappa shape index (κ3) is 1.90. The van der Waals surface area contributed by atoms with Crippen LogP contribution in [0.3, 0.4) is 0 Å². The summed E-state index contributed by atoms with van der Waals surface area (Å²) < 4.78 is 30.4. The van der Waals surface area contributed by atoms with Crippen molar-refractivity contribution in [2.75, 3.05) is 0 Å². The molecule has 3 aromatic heterocycles. The van der Waals surface area contributed by atoms with E-state index in [-0.39, 0.29) is 0 Å². The molecule has 0 saturated carbocycles. The second-order valence-electron chi connectivity index (χ2n) is 5.54. The Labute approximate surface area is 133 Å². The number of nitrogens with zero attached hydrogens (tertiary/aromatic N) is 2. The molecule has 4 aromatic rings. The zero-order chi connectivity index (χ0) is 17.8. The number of hydrogen-bond donors (Lipinski definition) is 0. The topological polar surface area (TPSA) is 29.9 Å². The van der Waals surface area contributed by atoms with Gasteiger partial charge in [0.25, 0.3) is 0 Å². The molecule has 3 nitrogen and oxygen atoms in total. The van der Waals surface area contributed by atoms with Crippen molar-refractivity contribution in [1.29, 1.82) is 0 Å². The van der Waals surface area contributed by atoms with E-state index in [4.69, 9.17) is 8.53 Å². The summed E-state index contributed by atoms with van der Waals surface area (Å²) in [5, 5.41) is 1.98. The Kier molecular flexibility index (Phi) is 2.15. The van der Waals surface area contributed by atoms with Crippen molar-refractivity contribution >= 4 is 22.1 Å². The van der Waals surface area contributed by atoms with E-state index in [9.17, 15) is 0 Å². The van der Waals surface area contributed by atoms with E-state index < -0.39 is 6.85 Å². The van der Waals surface area contributed by atoms with Gasteiger partial charge in [0.15, 0.2) is 6.20 Å². The molecular formula is C19H17N2O+. The molecule has 108 valence electrons. The van der Waals surface area contributed by atoms with Crippen molar-refractivity contribution in [2.24, 2.45) is 7.05 Å². The van der Waals surface area contributed by atoms with Crippen molar-refractivity contribution in [3.63, 3.8) is 0 Å². The second-order valence-corrected chi connectivity index (χ2v) is 5.54. The summed E-state index contributed by atoms with van der Waals surface area (Å²) in [6.45, 7) is -0.0885. The molecule has 4 rings (SSSR count). The number of pyridine rings is 2. The highest BCUT2D eigenvalue weighted by Gasteiger charge is 2.16. The molecule has 1 aromatic carbocycles. The fourth-order valence-electron chi connectivity index (χ4n) is 2.92. The Morgan fingerprint density at radius 1 is 1.18 bits per heavy atom. The summed E-state index contributed by atoms with van der Waals surface area (Å²) in [7, 11) is 1.86. The van der Waals surface area contributed by atoms with Gasteiger partial charge in [0.05, 0.1) is 0 Å². The predicted octanol–water partition coefficient (Wildman–Crippen LogP) is 4.09. The van der Waals surface area contributed by atoms with Gasteiger partial charge in [-0.1, -0.05) is 0 Å².